The summed E-state index contributed by atoms with van der Waals surface area (Å²) in [6, 6.07) is 0. The number of aliphatic hydroxyl groups is 1. The van der Waals surface area contributed by atoms with E-state index in [1.54, 1.807) is 0 Å². The molecule has 0 bridgehead atoms. The van der Waals surface area contributed by atoms with Crippen molar-refractivity contribution in [1.29, 1.82) is 0 Å². The van der Waals surface area contributed by atoms with Gasteiger partial charge in [-0.15, -0.1) is 0 Å². The maximum atomic E-state index is 12.0. The standard InChI is InChI=1S/C15H30N2O3S/c18-15-7-11-17(12-8-15)10-4-9-16-21(19,20)13-14-5-2-1-3-6-14/h14-16,18H,1-13H2. The molecule has 124 valence electrons. The van der Waals surface area contributed by atoms with E-state index >= 15 is 0 Å². The van der Waals surface area contributed by atoms with Crippen LogP contribution in [-0.4, -0.2) is 56.5 Å². The highest BCUT2D eigenvalue weighted by Crippen LogP contribution is 2.24. The minimum atomic E-state index is -3.10. The van der Waals surface area contributed by atoms with Crippen molar-refractivity contribution in [3.05, 3.63) is 0 Å². The van der Waals surface area contributed by atoms with Gasteiger partial charge in [-0.25, -0.2) is 13.1 Å². The van der Waals surface area contributed by atoms with Gasteiger partial charge in [-0.1, -0.05) is 19.3 Å². The molecule has 1 heterocycles. The summed E-state index contributed by atoms with van der Waals surface area (Å²) >= 11 is 0. The Kier molecular flexibility index (Phi) is 6.92. The highest BCUT2D eigenvalue weighted by molar-refractivity contribution is 7.89. The van der Waals surface area contributed by atoms with Crippen LogP contribution in [0.4, 0.5) is 0 Å². The fourth-order valence-corrected chi connectivity index (χ4v) is 4.92. The molecule has 2 rings (SSSR count). The largest absolute Gasteiger partial charge is 0.393 e. The summed E-state index contributed by atoms with van der Waals surface area (Å²) in [7, 11) is -3.10. The Morgan fingerprint density at radius 2 is 1.71 bits per heavy atom. The molecular formula is C15H30N2O3S. The van der Waals surface area contributed by atoms with E-state index in [0.717, 1.165) is 51.7 Å². The molecule has 0 aromatic heterocycles. The van der Waals surface area contributed by atoms with Gasteiger partial charge in [0.05, 0.1) is 11.9 Å². The van der Waals surface area contributed by atoms with Crippen molar-refractivity contribution >= 4 is 10.0 Å². The van der Waals surface area contributed by atoms with E-state index in [-0.39, 0.29) is 6.10 Å². The Bertz CT molecular complexity index is 386. The van der Waals surface area contributed by atoms with Crippen molar-refractivity contribution in [2.75, 3.05) is 31.9 Å². The van der Waals surface area contributed by atoms with Gasteiger partial charge in [-0.2, -0.15) is 0 Å². The molecule has 2 aliphatic rings. The fourth-order valence-electron chi connectivity index (χ4n) is 3.40. The normalized spacial score (nSPS) is 23.5. The van der Waals surface area contributed by atoms with Gasteiger partial charge in [0, 0.05) is 19.6 Å². The number of nitrogens with zero attached hydrogens (tertiary/aromatic N) is 1. The first kappa shape index (κ1) is 17.2. The molecule has 1 saturated heterocycles. The average Bonchev–Trinajstić information content (AvgIpc) is 2.46. The van der Waals surface area contributed by atoms with Crippen LogP contribution in [0.3, 0.4) is 0 Å². The molecule has 0 atom stereocenters. The van der Waals surface area contributed by atoms with E-state index in [1.165, 1.54) is 19.3 Å². The van der Waals surface area contributed by atoms with Gasteiger partial charge in [0.25, 0.3) is 0 Å². The van der Waals surface area contributed by atoms with Crippen molar-refractivity contribution in [2.24, 2.45) is 5.92 Å². The smallest absolute Gasteiger partial charge is 0.211 e. The molecular weight excluding hydrogens is 288 g/mol. The molecule has 0 spiro atoms. The van der Waals surface area contributed by atoms with Crippen molar-refractivity contribution < 1.29 is 13.5 Å². The predicted molar refractivity (Wildman–Crippen MR) is 84.7 cm³/mol. The second-order valence-corrected chi connectivity index (χ2v) is 8.46. The first-order valence-corrected chi connectivity index (χ1v) is 10.1. The Morgan fingerprint density at radius 3 is 2.38 bits per heavy atom. The predicted octanol–water partition coefficient (Wildman–Crippen LogP) is 1.33. The van der Waals surface area contributed by atoms with Crippen LogP contribution in [0, 0.1) is 5.92 Å². The summed E-state index contributed by atoms with van der Waals surface area (Å²) < 4.78 is 26.8. The molecule has 1 saturated carbocycles. The monoisotopic (exact) mass is 318 g/mol. The van der Waals surface area contributed by atoms with Gasteiger partial charge in [0.1, 0.15) is 0 Å². The molecule has 6 heteroatoms. The second kappa shape index (κ2) is 8.46. The summed E-state index contributed by atoms with van der Waals surface area (Å²) in [5.41, 5.74) is 0. The quantitative estimate of drug-likeness (QED) is 0.695. The van der Waals surface area contributed by atoms with Crippen LogP contribution < -0.4 is 4.72 Å². The number of hydrogen-bond acceptors (Lipinski definition) is 4. The number of nitrogens with one attached hydrogen (secondary N) is 1. The molecule has 0 unspecified atom stereocenters. The van der Waals surface area contributed by atoms with Crippen molar-refractivity contribution in [1.82, 2.24) is 9.62 Å². The summed E-state index contributed by atoms with van der Waals surface area (Å²) in [6.07, 6.45) is 8.14. The van der Waals surface area contributed by atoms with E-state index in [0.29, 0.717) is 18.2 Å². The van der Waals surface area contributed by atoms with Crippen LogP contribution in [0.15, 0.2) is 0 Å². The third-order valence-corrected chi connectivity index (χ3v) is 6.26. The lowest BCUT2D eigenvalue weighted by Crippen LogP contribution is -2.38. The lowest BCUT2D eigenvalue weighted by Gasteiger charge is -2.29. The van der Waals surface area contributed by atoms with E-state index < -0.39 is 10.0 Å². The van der Waals surface area contributed by atoms with E-state index in [2.05, 4.69) is 9.62 Å². The van der Waals surface area contributed by atoms with Gasteiger partial charge >= 0.3 is 0 Å². The van der Waals surface area contributed by atoms with Crippen LogP contribution in [0.1, 0.15) is 51.4 Å². The van der Waals surface area contributed by atoms with Gasteiger partial charge in [0.15, 0.2) is 0 Å². The van der Waals surface area contributed by atoms with Crippen molar-refractivity contribution in [2.45, 2.75) is 57.5 Å². The molecule has 2 fully saturated rings. The highest BCUT2D eigenvalue weighted by Gasteiger charge is 2.21. The van der Waals surface area contributed by atoms with Gasteiger partial charge < -0.3 is 10.0 Å². The van der Waals surface area contributed by atoms with Crippen LogP contribution in [0.2, 0.25) is 0 Å². The van der Waals surface area contributed by atoms with E-state index in [9.17, 15) is 13.5 Å². The zero-order chi connectivity index (χ0) is 15.1. The molecule has 0 amide bonds. The van der Waals surface area contributed by atoms with E-state index in [1.807, 2.05) is 0 Å². The molecule has 2 N–H and O–H groups in total. The SMILES string of the molecule is O=S(=O)(CC1CCCCC1)NCCCN1CCC(O)CC1. The summed E-state index contributed by atoms with van der Waals surface area (Å²) in [5.74, 6) is 0.669. The number of piperidine rings is 1. The molecule has 1 aliphatic carbocycles. The minimum absolute atomic E-state index is 0.143. The molecule has 5 nitrogen and oxygen atoms in total. The van der Waals surface area contributed by atoms with Gasteiger partial charge in [-0.05, 0) is 44.6 Å². The number of likely N-dealkylation sites (tertiary alicyclic amines) is 1. The van der Waals surface area contributed by atoms with E-state index in [4.69, 9.17) is 0 Å². The van der Waals surface area contributed by atoms with Crippen LogP contribution in [-0.2, 0) is 10.0 Å². The maximum Gasteiger partial charge on any atom is 0.211 e. The summed E-state index contributed by atoms with van der Waals surface area (Å²) in [4.78, 5) is 2.31. The Labute approximate surface area is 129 Å². The van der Waals surface area contributed by atoms with Crippen LogP contribution in [0.5, 0.6) is 0 Å². The number of rotatable bonds is 7. The van der Waals surface area contributed by atoms with Crippen molar-refractivity contribution in [3.63, 3.8) is 0 Å². The molecule has 21 heavy (non-hydrogen) atoms. The topological polar surface area (TPSA) is 69.6 Å². The van der Waals surface area contributed by atoms with Gasteiger partial charge in [-0.3, -0.25) is 0 Å². The fraction of sp³-hybridized carbons (Fsp3) is 1.00. The van der Waals surface area contributed by atoms with Crippen LogP contribution >= 0.6 is 0 Å². The first-order chi connectivity index (χ1) is 10.1. The third-order valence-electron chi connectivity index (χ3n) is 4.71. The van der Waals surface area contributed by atoms with Crippen LogP contribution in [0.25, 0.3) is 0 Å². The zero-order valence-corrected chi connectivity index (χ0v) is 13.8. The van der Waals surface area contributed by atoms with Crippen molar-refractivity contribution in [3.8, 4) is 0 Å². The zero-order valence-electron chi connectivity index (χ0n) is 13.0. The molecule has 0 aromatic carbocycles. The lowest BCUT2D eigenvalue weighted by atomic mass is 9.91. The number of hydrogen-bond donors (Lipinski definition) is 2. The Balaban J connectivity index is 1.58. The van der Waals surface area contributed by atoms with Gasteiger partial charge in [0.2, 0.25) is 10.0 Å². The second-order valence-electron chi connectivity index (χ2n) is 6.61. The summed E-state index contributed by atoms with van der Waals surface area (Å²) in [6.45, 7) is 3.30. The minimum Gasteiger partial charge on any atom is -0.393 e. The number of sulfonamides is 1. The Hall–Kier alpha value is -0.170. The average molecular weight is 318 g/mol. The molecule has 0 radical (unpaired) electrons. The maximum absolute atomic E-state index is 12.0. The highest BCUT2D eigenvalue weighted by atomic mass is 32.2. The Morgan fingerprint density at radius 1 is 1.05 bits per heavy atom. The molecule has 0 aromatic rings. The summed E-state index contributed by atoms with van der Waals surface area (Å²) in [5, 5.41) is 9.44. The first-order valence-electron chi connectivity index (χ1n) is 8.43. The third kappa shape index (κ3) is 6.63. The number of aliphatic hydroxyl groups excluding tert-OH is 1. The molecule has 1 aliphatic heterocycles. The lowest BCUT2D eigenvalue weighted by molar-refractivity contribution is 0.0823.